The van der Waals surface area contributed by atoms with E-state index in [1.54, 1.807) is 5.56 Å². The zero-order valence-corrected chi connectivity index (χ0v) is 14.1. The van der Waals surface area contributed by atoms with Crippen molar-refractivity contribution in [3.8, 4) is 0 Å². The maximum atomic E-state index is 10.0. The largest absolute Gasteiger partial charge is 0.396 e. The van der Waals surface area contributed by atoms with Crippen molar-refractivity contribution in [2.75, 3.05) is 6.61 Å². The fraction of sp³-hybridized carbons (Fsp3) is 0.700. The molecular formula is C20H28O2. The summed E-state index contributed by atoms with van der Waals surface area (Å²) in [6, 6.07) is 4.87. The quantitative estimate of drug-likeness (QED) is 0.839. The summed E-state index contributed by atoms with van der Waals surface area (Å²) in [7, 11) is 0. The third-order valence-corrected chi connectivity index (χ3v) is 7.03. The van der Waals surface area contributed by atoms with Crippen LogP contribution in [0.4, 0.5) is 0 Å². The molecule has 4 rings (SSSR count). The fourth-order valence-electron chi connectivity index (χ4n) is 5.71. The SMILES string of the molecule is CC1OCc2cc3c(cc21)CCC1C(C)(CO)CCCC31C. The van der Waals surface area contributed by atoms with Gasteiger partial charge < -0.3 is 9.84 Å². The van der Waals surface area contributed by atoms with Crippen LogP contribution in [0.3, 0.4) is 0 Å². The summed E-state index contributed by atoms with van der Waals surface area (Å²) in [6.07, 6.45) is 6.28. The molecule has 0 amide bonds. The van der Waals surface area contributed by atoms with E-state index in [0.717, 1.165) is 13.0 Å². The molecule has 1 N–H and O–H groups in total. The molecule has 22 heavy (non-hydrogen) atoms. The van der Waals surface area contributed by atoms with E-state index in [9.17, 15) is 5.11 Å². The summed E-state index contributed by atoms with van der Waals surface area (Å²) in [5.41, 5.74) is 6.21. The smallest absolute Gasteiger partial charge is 0.0805 e. The average Bonchev–Trinajstić information content (AvgIpc) is 2.86. The lowest BCUT2D eigenvalue weighted by Crippen LogP contribution is -2.50. The van der Waals surface area contributed by atoms with E-state index >= 15 is 0 Å². The Morgan fingerprint density at radius 2 is 2.05 bits per heavy atom. The summed E-state index contributed by atoms with van der Waals surface area (Å²) in [5, 5.41) is 10.0. The fourth-order valence-corrected chi connectivity index (χ4v) is 5.71. The second-order valence-corrected chi connectivity index (χ2v) is 8.34. The molecule has 4 atom stereocenters. The second-order valence-electron chi connectivity index (χ2n) is 8.34. The van der Waals surface area contributed by atoms with Crippen molar-refractivity contribution in [1.82, 2.24) is 0 Å². The van der Waals surface area contributed by atoms with Crippen LogP contribution in [0.1, 0.15) is 74.8 Å². The van der Waals surface area contributed by atoms with Crippen LogP contribution in [0.15, 0.2) is 12.1 Å². The van der Waals surface area contributed by atoms with Gasteiger partial charge in [-0.15, -0.1) is 0 Å². The molecule has 1 aromatic carbocycles. The Hall–Kier alpha value is -0.860. The first-order valence-corrected chi connectivity index (χ1v) is 8.86. The van der Waals surface area contributed by atoms with Gasteiger partial charge >= 0.3 is 0 Å². The molecule has 2 heteroatoms. The molecule has 1 saturated carbocycles. The zero-order chi connectivity index (χ0) is 15.5. The highest BCUT2D eigenvalue weighted by atomic mass is 16.5. The molecule has 0 saturated heterocycles. The molecule has 0 bridgehead atoms. The van der Waals surface area contributed by atoms with Gasteiger partial charge in [-0.05, 0) is 71.6 Å². The molecule has 0 aromatic heterocycles. The van der Waals surface area contributed by atoms with Gasteiger partial charge in [0.2, 0.25) is 0 Å². The molecule has 2 aliphatic carbocycles. The number of hydrogen-bond acceptors (Lipinski definition) is 2. The van der Waals surface area contributed by atoms with E-state index < -0.39 is 0 Å². The summed E-state index contributed by atoms with van der Waals surface area (Å²) >= 11 is 0. The van der Waals surface area contributed by atoms with Crippen molar-refractivity contribution < 1.29 is 9.84 Å². The van der Waals surface area contributed by atoms with Gasteiger partial charge in [0.05, 0.1) is 12.7 Å². The Morgan fingerprint density at radius 3 is 2.82 bits per heavy atom. The Morgan fingerprint density at radius 1 is 1.23 bits per heavy atom. The van der Waals surface area contributed by atoms with Crippen LogP contribution in [-0.2, 0) is 23.2 Å². The Balaban J connectivity index is 1.83. The first kappa shape index (κ1) is 14.7. The standard InChI is InChI=1S/C20H28O2/c1-13-16-9-14-5-6-18-19(2,12-21)7-4-8-20(18,3)17(14)10-15(16)11-22-13/h9-10,13,18,21H,4-8,11-12H2,1-3H3. The molecule has 1 fully saturated rings. The molecule has 0 radical (unpaired) electrons. The van der Waals surface area contributed by atoms with E-state index in [4.69, 9.17) is 4.74 Å². The molecule has 3 aliphatic rings. The van der Waals surface area contributed by atoms with Gasteiger partial charge in [-0.1, -0.05) is 32.4 Å². The second kappa shape index (κ2) is 4.82. The number of aliphatic hydroxyl groups is 1. The van der Waals surface area contributed by atoms with Crippen molar-refractivity contribution in [3.63, 3.8) is 0 Å². The Bertz CT molecular complexity index is 608. The molecule has 1 heterocycles. The highest BCUT2D eigenvalue weighted by Gasteiger charge is 2.51. The lowest BCUT2D eigenvalue weighted by molar-refractivity contribution is -0.0179. The predicted octanol–water partition coefficient (Wildman–Crippen LogP) is 4.28. The van der Waals surface area contributed by atoms with Crippen LogP contribution in [0, 0.1) is 11.3 Å². The van der Waals surface area contributed by atoms with E-state index in [0.29, 0.717) is 12.5 Å². The first-order chi connectivity index (χ1) is 10.5. The first-order valence-electron chi connectivity index (χ1n) is 8.86. The number of fused-ring (bicyclic) bond motifs is 4. The zero-order valence-electron chi connectivity index (χ0n) is 14.1. The van der Waals surface area contributed by atoms with Crippen LogP contribution in [0.2, 0.25) is 0 Å². The van der Waals surface area contributed by atoms with Crippen molar-refractivity contribution in [3.05, 3.63) is 34.4 Å². The summed E-state index contributed by atoms with van der Waals surface area (Å²) < 4.78 is 5.83. The van der Waals surface area contributed by atoms with Crippen LogP contribution in [0.5, 0.6) is 0 Å². The van der Waals surface area contributed by atoms with E-state index in [1.165, 1.54) is 42.4 Å². The summed E-state index contributed by atoms with van der Waals surface area (Å²) in [5.74, 6) is 0.601. The predicted molar refractivity (Wildman–Crippen MR) is 87.9 cm³/mol. The van der Waals surface area contributed by atoms with Gasteiger partial charge in [0, 0.05) is 6.61 Å². The van der Waals surface area contributed by atoms with E-state index in [-0.39, 0.29) is 16.9 Å². The van der Waals surface area contributed by atoms with Gasteiger partial charge in [-0.3, -0.25) is 0 Å². The van der Waals surface area contributed by atoms with Gasteiger partial charge in [0.25, 0.3) is 0 Å². The Labute approximate surface area is 133 Å². The molecule has 2 nitrogen and oxygen atoms in total. The van der Waals surface area contributed by atoms with Gasteiger partial charge in [0.15, 0.2) is 0 Å². The van der Waals surface area contributed by atoms with Crippen molar-refractivity contribution in [1.29, 1.82) is 0 Å². The minimum Gasteiger partial charge on any atom is -0.396 e. The number of hydrogen-bond donors (Lipinski definition) is 1. The van der Waals surface area contributed by atoms with Crippen molar-refractivity contribution >= 4 is 0 Å². The lowest BCUT2D eigenvalue weighted by atomic mass is 9.50. The minimum atomic E-state index is 0.0908. The van der Waals surface area contributed by atoms with Crippen LogP contribution < -0.4 is 0 Å². The molecular weight excluding hydrogens is 272 g/mol. The van der Waals surface area contributed by atoms with Crippen molar-refractivity contribution in [2.24, 2.45) is 11.3 Å². The molecule has 120 valence electrons. The molecule has 0 spiro atoms. The van der Waals surface area contributed by atoms with Crippen LogP contribution in [-0.4, -0.2) is 11.7 Å². The normalized spacial score (nSPS) is 40.0. The topological polar surface area (TPSA) is 29.5 Å². The van der Waals surface area contributed by atoms with Crippen LogP contribution in [0.25, 0.3) is 0 Å². The molecule has 4 unspecified atom stereocenters. The van der Waals surface area contributed by atoms with Gasteiger partial charge in [-0.2, -0.15) is 0 Å². The number of benzene rings is 1. The van der Waals surface area contributed by atoms with Crippen LogP contribution >= 0.6 is 0 Å². The minimum absolute atomic E-state index is 0.0908. The number of rotatable bonds is 1. The summed E-state index contributed by atoms with van der Waals surface area (Å²) in [4.78, 5) is 0. The maximum absolute atomic E-state index is 10.0. The number of aryl methyl sites for hydroxylation is 1. The highest BCUT2D eigenvalue weighted by molar-refractivity contribution is 5.47. The number of ether oxygens (including phenoxy) is 1. The van der Waals surface area contributed by atoms with Gasteiger partial charge in [0.1, 0.15) is 0 Å². The Kier molecular flexibility index (Phi) is 3.22. The number of aliphatic hydroxyl groups excluding tert-OH is 1. The van der Waals surface area contributed by atoms with Crippen molar-refractivity contribution in [2.45, 2.75) is 71.0 Å². The van der Waals surface area contributed by atoms with E-state index in [1.807, 2.05) is 0 Å². The van der Waals surface area contributed by atoms with E-state index in [2.05, 4.69) is 32.9 Å². The molecule has 1 aromatic rings. The maximum Gasteiger partial charge on any atom is 0.0805 e. The highest BCUT2D eigenvalue weighted by Crippen LogP contribution is 2.57. The lowest BCUT2D eigenvalue weighted by Gasteiger charge is -2.55. The third kappa shape index (κ3) is 1.86. The third-order valence-electron chi connectivity index (χ3n) is 7.03. The molecule has 1 aliphatic heterocycles. The average molecular weight is 300 g/mol. The summed E-state index contributed by atoms with van der Waals surface area (Å²) in [6.45, 7) is 8.01. The van der Waals surface area contributed by atoms with Gasteiger partial charge in [-0.25, -0.2) is 0 Å². The monoisotopic (exact) mass is 300 g/mol.